The van der Waals surface area contributed by atoms with Crippen molar-refractivity contribution >= 4 is 0 Å². The van der Waals surface area contributed by atoms with Gasteiger partial charge in [-0.15, -0.1) is 0 Å². The molecule has 1 fully saturated rings. The third kappa shape index (κ3) is 5.75. The first-order valence-electron chi connectivity index (χ1n) is 8.53. The van der Waals surface area contributed by atoms with Gasteiger partial charge in [0.2, 0.25) is 0 Å². The van der Waals surface area contributed by atoms with Crippen LogP contribution in [0.5, 0.6) is 0 Å². The predicted octanol–water partition coefficient (Wildman–Crippen LogP) is 2.38. The second-order valence-electron chi connectivity index (χ2n) is 6.12. The van der Waals surface area contributed by atoms with Crippen molar-refractivity contribution in [3.05, 3.63) is 18.2 Å². The number of aromatic nitrogens is 2. The fourth-order valence-electron chi connectivity index (χ4n) is 3.14. The summed E-state index contributed by atoms with van der Waals surface area (Å²) in [4.78, 5) is 8.72. The summed E-state index contributed by atoms with van der Waals surface area (Å²) < 4.78 is 44.5. The van der Waals surface area contributed by atoms with Crippen molar-refractivity contribution < 1.29 is 17.9 Å². The van der Waals surface area contributed by atoms with E-state index >= 15 is 0 Å². The molecule has 0 aromatic carbocycles. The molecule has 1 aliphatic rings. The highest BCUT2D eigenvalue weighted by Gasteiger charge is 2.30. The van der Waals surface area contributed by atoms with Crippen LogP contribution in [0.2, 0.25) is 0 Å². The predicted molar refractivity (Wildman–Crippen MR) is 85.7 cm³/mol. The van der Waals surface area contributed by atoms with Crippen molar-refractivity contribution in [3.63, 3.8) is 0 Å². The number of rotatable bonds is 8. The largest absolute Gasteiger partial charge is 0.406 e. The van der Waals surface area contributed by atoms with E-state index in [0.29, 0.717) is 18.4 Å². The molecule has 138 valence electrons. The lowest BCUT2D eigenvalue weighted by atomic mass is 10.1. The zero-order valence-corrected chi connectivity index (χ0v) is 14.4. The van der Waals surface area contributed by atoms with Gasteiger partial charge in [-0.25, -0.2) is 4.98 Å². The molecule has 1 saturated heterocycles. The molecule has 5 nitrogen and oxygen atoms in total. The molecule has 0 aliphatic carbocycles. The zero-order valence-electron chi connectivity index (χ0n) is 14.4. The Balaban J connectivity index is 1.90. The van der Waals surface area contributed by atoms with Crippen LogP contribution in [0.3, 0.4) is 0 Å². The SMILES string of the molecule is CCOCCN1CCN(Cc2nccn2CC(F)(F)F)C[C@@H]1CC. The first-order chi connectivity index (χ1) is 11.4. The number of alkyl halides is 3. The summed E-state index contributed by atoms with van der Waals surface area (Å²) in [5, 5.41) is 0. The Bertz CT molecular complexity index is 492. The maximum Gasteiger partial charge on any atom is 0.406 e. The Morgan fingerprint density at radius 2 is 2.08 bits per heavy atom. The summed E-state index contributed by atoms with van der Waals surface area (Å²) in [7, 11) is 0. The molecule has 0 radical (unpaired) electrons. The van der Waals surface area contributed by atoms with Crippen molar-refractivity contribution in [2.24, 2.45) is 0 Å². The average molecular weight is 348 g/mol. The molecule has 1 aromatic heterocycles. The number of piperazine rings is 1. The van der Waals surface area contributed by atoms with Crippen molar-refractivity contribution in [1.82, 2.24) is 19.4 Å². The molecule has 2 heterocycles. The van der Waals surface area contributed by atoms with Gasteiger partial charge in [-0.3, -0.25) is 9.80 Å². The van der Waals surface area contributed by atoms with Crippen LogP contribution in [0, 0.1) is 0 Å². The summed E-state index contributed by atoms with van der Waals surface area (Å²) in [5.41, 5.74) is 0. The molecule has 0 unspecified atom stereocenters. The molecule has 8 heteroatoms. The van der Waals surface area contributed by atoms with E-state index in [1.54, 1.807) is 0 Å². The van der Waals surface area contributed by atoms with Crippen LogP contribution in [0.1, 0.15) is 26.1 Å². The fourth-order valence-corrected chi connectivity index (χ4v) is 3.14. The molecule has 1 aromatic rings. The second kappa shape index (κ2) is 8.82. The van der Waals surface area contributed by atoms with Gasteiger partial charge >= 0.3 is 6.18 Å². The summed E-state index contributed by atoms with van der Waals surface area (Å²) in [6.45, 7) is 8.55. The van der Waals surface area contributed by atoms with Crippen LogP contribution in [0.4, 0.5) is 13.2 Å². The number of nitrogens with zero attached hydrogens (tertiary/aromatic N) is 4. The van der Waals surface area contributed by atoms with E-state index in [1.165, 1.54) is 17.0 Å². The highest BCUT2D eigenvalue weighted by molar-refractivity contribution is 4.94. The molecule has 1 aliphatic heterocycles. The summed E-state index contributed by atoms with van der Waals surface area (Å²) in [6.07, 6.45) is -0.367. The van der Waals surface area contributed by atoms with Crippen LogP contribution in [0.15, 0.2) is 12.4 Å². The van der Waals surface area contributed by atoms with E-state index in [0.717, 1.165) is 45.8 Å². The summed E-state index contributed by atoms with van der Waals surface area (Å²) in [6, 6.07) is 0.408. The van der Waals surface area contributed by atoms with Gasteiger partial charge in [0, 0.05) is 51.2 Å². The number of hydrogen-bond donors (Lipinski definition) is 0. The van der Waals surface area contributed by atoms with Gasteiger partial charge in [-0.2, -0.15) is 13.2 Å². The summed E-state index contributed by atoms with van der Waals surface area (Å²) in [5.74, 6) is 0.477. The number of imidazole rings is 1. The lowest BCUT2D eigenvalue weighted by Gasteiger charge is -2.41. The summed E-state index contributed by atoms with van der Waals surface area (Å²) >= 11 is 0. The minimum atomic E-state index is -4.22. The normalized spacial score (nSPS) is 20.6. The Morgan fingerprint density at radius 1 is 1.29 bits per heavy atom. The van der Waals surface area contributed by atoms with Gasteiger partial charge in [-0.1, -0.05) is 6.92 Å². The quantitative estimate of drug-likeness (QED) is 0.676. The standard InChI is InChI=1S/C16H27F3N4O/c1-3-14-11-21(7-8-22(14)9-10-24-4-2)12-15-20-5-6-23(15)13-16(17,18)19/h5-6,14H,3-4,7-13H2,1-2H3/t14-/m0/s1. The third-order valence-electron chi connectivity index (χ3n) is 4.40. The molecule has 0 spiro atoms. The molecule has 0 bridgehead atoms. The highest BCUT2D eigenvalue weighted by Crippen LogP contribution is 2.20. The number of halogens is 3. The van der Waals surface area contributed by atoms with Gasteiger partial charge in [0.25, 0.3) is 0 Å². The Hall–Kier alpha value is -1.12. The molecule has 24 heavy (non-hydrogen) atoms. The molecule has 0 saturated carbocycles. The van der Waals surface area contributed by atoms with E-state index < -0.39 is 12.7 Å². The van der Waals surface area contributed by atoms with Gasteiger partial charge in [0.1, 0.15) is 12.4 Å². The van der Waals surface area contributed by atoms with Gasteiger partial charge in [-0.05, 0) is 13.3 Å². The van der Waals surface area contributed by atoms with Gasteiger partial charge < -0.3 is 9.30 Å². The first-order valence-corrected chi connectivity index (χ1v) is 8.53. The zero-order chi connectivity index (χ0) is 17.6. The van der Waals surface area contributed by atoms with Crippen molar-refractivity contribution in [2.45, 2.75) is 45.6 Å². The second-order valence-corrected chi connectivity index (χ2v) is 6.12. The van der Waals surface area contributed by atoms with Crippen molar-refractivity contribution in [1.29, 1.82) is 0 Å². The van der Waals surface area contributed by atoms with Crippen molar-refractivity contribution in [3.8, 4) is 0 Å². The van der Waals surface area contributed by atoms with Crippen LogP contribution in [-0.4, -0.2) is 71.0 Å². The maximum absolute atomic E-state index is 12.6. The lowest BCUT2D eigenvalue weighted by molar-refractivity contribution is -0.141. The smallest absolute Gasteiger partial charge is 0.380 e. The van der Waals surface area contributed by atoms with Gasteiger partial charge in [0.05, 0.1) is 13.2 Å². The molecular formula is C16H27F3N4O. The molecule has 1 atom stereocenters. The van der Waals surface area contributed by atoms with Gasteiger partial charge in [0.15, 0.2) is 0 Å². The number of ether oxygens (including phenoxy) is 1. The third-order valence-corrected chi connectivity index (χ3v) is 4.40. The van der Waals surface area contributed by atoms with Crippen LogP contribution < -0.4 is 0 Å². The van der Waals surface area contributed by atoms with E-state index in [2.05, 4.69) is 21.7 Å². The maximum atomic E-state index is 12.6. The van der Waals surface area contributed by atoms with E-state index in [4.69, 9.17) is 4.74 Å². The lowest BCUT2D eigenvalue weighted by Crippen LogP contribution is -2.53. The average Bonchev–Trinajstić information content (AvgIpc) is 2.93. The highest BCUT2D eigenvalue weighted by atomic mass is 19.4. The Labute approximate surface area is 141 Å². The van der Waals surface area contributed by atoms with E-state index in [1.807, 2.05) is 6.92 Å². The first kappa shape index (κ1) is 19.2. The van der Waals surface area contributed by atoms with Crippen LogP contribution in [-0.2, 0) is 17.8 Å². The molecule has 0 amide bonds. The Kier molecular flexibility index (Phi) is 7.06. The molecule has 2 rings (SSSR count). The fraction of sp³-hybridized carbons (Fsp3) is 0.812. The van der Waals surface area contributed by atoms with E-state index in [-0.39, 0.29) is 0 Å². The van der Waals surface area contributed by atoms with Crippen molar-refractivity contribution in [2.75, 3.05) is 39.4 Å². The minimum Gasteiger partial charge on any atom is -0.380 e. The monoisotopic (exact) mass is 348 g/mol. The molecular weight excluding hydrogens is 321 g/mol. The molecule has 0 N–H and O–H groups in total. The minimum absolute atomic E-state index is 0.408. The Morgan fingerprint density at radius 3 is 2.75 bits per heavy atom. The number of hydrogen-bond acceptors (Lipinski definition) is 4. The van der Waals surface area contributed by atoms with Crippen LogP contribution >= 0.6 is 0 Å². The van der Waals surface area contributed by atoms with Crippen LogP contribution in [0.25, 0.3) is 0 Å². The topological polar surface area (TPSA) is 33.5 Å². The van der Waals surface area contributed by atoms with E-state index in [9.17, 15) is 13.2 Å².